The van der Waals surface area contributed by atoms with Crippen molar-refractivity contribution < 1.29 is 34.0 Å². The molecule has 0 saturated heterocycles. The molecule has 0 aliphatic carbocycles. The third kappa shape index (κ3) is 4.13. The van der Waals surface area contributed by atoms with Crippen LogP contribution in [0.4, 0.5) is 34.1 Å². The Balaban J connectivity index is 2.51. The molecule has 3 rings (SSSR count). The van der Waals surface area contributed by atoms with E-state index >= 15 is 0 Å². The fourth-order valence-corrected chi connectivity index (χ4v) is 3.19. The van der Waals surface area contributed by atoms with Gasteiger partial charge in [0.05, 0.1) is 60.1 Å². The Bertz CT molecular complexity index is 1300. The predicted molar refractivity (Wildman–Crippen MR) is 110 cm³/mol. The quantitative estimate of drug-likeness (QED) is 0.318. The van der Waals surface area contributed by atoms with Gasteiger partial charge < -0.3 is 4.42 Å². The molecule has 2 aromatic carbocycles. The third-order valence-electron chi connectivity index (χ3n) is 4.53. The van der Waals surface area contributed by atoms with E-state index in [4.69, 9.17) is 4.42 Å². The van der Waals surface area contributed by atoms with Crippen molar-refractivity contribution >= 4 is 34.1 Å². The minimum atomic E-state index is -1.22. The van der Waals surface area contributed by atoms with Crippen LogP contribution in [-0.4, -0.2) is 29.5 Å². The van der Waals surface area contributed by atoms with Gasteiger partial charge in [0.2, 0.25) is 0 Å². The summed E-state index contributed by atoms with van der Waals surface area (Å²) in [4.78, 5) is 61.5. The molecule has 19 heteroatoms. The number of benzene rings is 2. The Morgan fingerprint density at radius 3 is 1.17 bits per heavy atom. The molecule has 0 aliphatic heterocycles. The van der Waals surface area contributed by atoms with Crippen LogP contribution in [-0.2, 0) is 0 Å². The van der Waals surface area contributed by atoms with Gasteiger partial charge in [-0.15, -0.1) is 0 Å². The van der Waals surface area contributed by atoms with Crippen LogP contribution in [0.2, 0.25) is 0 Å². The van der Waals surface area contributed by atoms with Gasteiger partial charge in [0.15, 0.2) is 11.3 Å². The van der Waals surface area contributed by atoms with E-state index in [0.717, 1.165) is 12.3 Å². The zero-order chi connectivity index (χ0) is 26.2. The first-order valence-electron chi connectivity index (χ1n) is 8.65. The Morgan fingerprint density at radius 1 is 0.514 bits per heavy atom. The van der Waals surface area contributed by atoms with Crippen LogP contribution in [0.3, 0.4) is 0 Å². The summed E-state index contributed by atoms with van der Waals surface area (Å²) in [5, 5.41) is 68.7. The smallest absolute Gasteiger partial charge is 0.294 e. The molecule has 0 spiro atoms. The highest BCUT2D eigenvalue weighted by atomic mass is 16.6. The van der Waals surface area contributed by atoms with Crippen LogP contribution in [0, 0.1) is 60.7 Å². The second kappa shape index (κ2) is 8.57. The van der Waals surface area contributed by atoms with Crippen molar-refractivity contribution in [2.24, 2.45) is 0 Å². The lowest BCUT2D eigenvalue weighted by Gasteiger charge is -2.07. The van der Waals surface area contributed by atoms with Crippen LogP contribution >= 0.6 is 0 Å². The average Bonchev–Trinajstić information content (AvgIpc) is 3.25. The van der Waals surface area contributed by atoms with E-state index in [1.165, 1.54) is 0 Å². The normalized spacial score (nSPS) is 10.5. The van der Waals surface area contributed by atoms with E-state index in [9.17, 15) is 60.7 Å². The summed E-state index contributed by atoms with van der Waals surface area (Å²) in [5.74, 6) is -0.849. The lowest BCUT2D eigenvalue weighted by Crippen LogP contribution is -2.03. The zero-order valence-electron chi connectivity index (χ0n) is 16.5. The van der Waals surface area contributed by atoms with Crippen LogP contribution in [0.15, 0.2) is 41.0 Å². The third-order valence-corrected chi connectivity index (χ3v) is 4.53. The molecule has 0 fully saturated rings. The van der Waals surface area contributed by atoms with Gasteiger partial charge in [-0.25, -0.2) is 0 Å². The molecule has 178 valence electrons. The average molecular weight is 490 g/mol. The maximum atomic E-state index is 11.6. The fourth-order valence-electron chi connectivity index (χ4n) is 3.19. The second-order valence-electron chi connectivity index (χ2n) is 6.42. The summed E-state index contributed by atoms with van der Waals surface area (Å²) in [6.07, 6.45) is 0.744. The van der Waals surface area contributed by atoms with Gasteiger partial charge in [-0.2, -0.15) is 0 Å². The van der Waals surface area contributed by atoms with E-state index in [1.807, 2.05) is 0 Å². The van der Waals surface area contributed by atoms with Gasteiger partial charge in [-0.05, 0) is 6.07 Å². The highest BCUT2D eigenvalue weighted by molar-refractivity contribution is 5.95. The van der Waals surface area contributed by atoms with E-state index < -0.39 is 86.1 Å². The topological polar surface area (TPSA) is 272 Å². The molecular formula is C16H6N6O13. The molecule has 19 nitrogen and oxygen atoms in total. The molecule has 0 atom stereocenters. The summed E-state index contributed by atoms with van der Waals surface area (Å²) in [6, 6.07) is 2.36. The monoisotopic (exact) mass is 490 g/mol. The molecule has 1 heterocycles. The Hall–Kier alpha value is -5.88. The predicted octanol–water partition coefficient (Wildman–Crippen LogP) is 4.06. The SMILES string of the molecule is O=[N+]([O-])c1cc([N+](=O)[O-])c(-c2ccoc2-c2c([N+](=O)[O-])cc([N+](=O)[O-])cc2[N+](=O)[O-])c([N+](=O)[O-])c1. The zero-order valence-corrected chi connectivity index (χ0v) is 16.5. The van der Waals surface area contributed by atoms with Gasteiger partial charge in [0.1, 0.15) is 5.56 Å². The number of nitrogens with zero attached hydrogens (tertiary/aromatic N) is 6. The highest BCUT2D eigenvalue weighted by Crippen LogP contribution is 2.49. The molecule has 0 unspecified atom stereocenters. The van der Waals surface area contributed by atoms with E-state index in [1.54, 1.807) is 0 Å². The summed E-state index contributed by atoms with van der Waals surface area (Å²) >= 11 is 0. The van der Waals surface area contributed by atoms with Gasteiger partial charge >= 0.3 is 0 Å². The molecule has 0 radical (unpaired) electrons. The maximum Gasteiger partial charge on any atom is 0.294 e. The summed E-state index contributed by atoms with van der Waals surface area (Å²) in [6.45, 7) is 0. The first-order chi connectivity index (χ1) is 16.3. The second-order valence-corrected chi connectivity index (χ2v) is 6.42. The number of non-ortho nitro benzene ring substituents is 2. The lowest BCUT2D eigenvalue weighted by molar-refractivity contribution is -0.402. The number of nitro benzene ring substituents is 6. The number of rotatable bonds is 8. The van der Waals surface area contributed by atoms with Crippen LogP contribution in [0.1, 0.15) is 0 Å². The molecule has 0 bridgehead atoms. The molecule has 0 aliphatic rings. The van der Waals surface area contributed by atoms with Crippen LogP contribution in [0.5, 0.6) is 0 Å². The van der Waals surface area contributed by atoms with Crippen molar-refractivity contribution in [3.8, 4) is 22.5 Å². The van der Waals surface area contributed by atoms with Gasteiger partial charge in [0.25, 0.3) is 34.1 Å². The van der Waals surface area contributed by atoms with Gasteiger partial charge in [-0.1, -0.05) is 0 Å². The number of furan rings is 1. The molecule has 3 aromatic rings. The number of hydrogen-bond donors (Lipinski definition) is 0. The molecule has 1 aromatic heterocycles. The van der Waals surface area contributed by atoms with Crippen LogP contribution in [0.25, 0.3) is 22.5 Å². The van der Waals surface area contributed by atoms with E-state index in [-0.39, 0.29) is 0 Å². The summed E-state index contributed by atoms with van der Waals surface area (Å²) in [7, 11) is 0. The van der Waals surface area contributed by atoms with Crippen molar-refractivity contribution in [3.05, 3.63) is 97.3 Å². The van der Waals surface area contributed by atoms with E-state index in [2.05, 4.69) is 0 Å². The van der Waals surface area contributed by atoms with Gasteiger partial charge in [0, 0.05) is 5.56 Å². The molecule has 0 N–H and O–H groups in total. The highest BCUT2D eigenvalue weighted by Gasteiger charge is 2.39. The Labute approximate surface area is 188 Å². The van der Waals surface area contributed by atoms with Gasteiger partial charge in [-0.3, -0.25) is 60.7 Å². The van der Waals surface area contributed by atoms with Crippen molar-refractivity contribution in [3.63, 3.8) is 0 Å². The molecule has 0 saturated carbocycles. The summed E-state index contributed by atoms with van der Waals surface area (Å²) in [5.41, 5.74) is -9.37. The number of nitro groups is 6. The molecular weight excluding hydrogens is 484 g/mol. The molecule has 0 amide bonds. The van der Waals surface area contributed by atoms with Crippen molar-refractivity contribution in [1.82, 2.24) is 0 Å². The largest absolute Gasteiger partial charge is 0.463 e. The molecule has 35 heavy (non-hydrogen) atoms. The Kier molecular flexibility index (Phi) is 5.82. The number of hydrogen-bond acceptors (Lipinski definition) is 13. The first kappa shape index (κ1) is 23.8. The Morgan fingerprint density at radius 2 is 0.857 bits per heavy atom. The van der Waals surface area contributed by atoms with Crippen molar-refractivity contribution in [2.75, 3.05) is 0 Å². The first-order valence-corrected chi connectivity index (χ1v) is 8.65. The fraction of sp³-hybridized carbons (Fsp3) is 0. The van der Waals surface area contributed by atoms with Crippen LogP contribution < -0.4 is 0 Å². The van der Waals surface area contributed by atoms with Crippen molar-refractivity contribution in [1.29, 1.82) is 0 Å². The minimum absolute atomic E-state index is 0.368. The maximum absolute atomic E-state index is 11.6. The standard InChI is InChI=1S/C16H6N6O13/c23-17(24)7-3-10(19(27)28)14(11(4-7)20(29)30)9-1-2-35-16(9)15-12(21(31)32)5-8(18(25)26)6-13(15)22(33)34/h1-6H. The van der Waals surface area contributed by atoms with Crippen molar-refractivity contribution in [2.45, 2.75) is 0 Å². The minimum Gasteiger partial charge on any atom is -0.463 e. The lowest BCUT2D eigenvalue weighted by atomic mass is 9.96. The summed E-state index contributed by atoms with van der Waals surface area (Å²) < 4.78 is 5.08. The van der Waals surface area contributed by atoms with E-state index in [0.29, 0.717) is 24.3 Å².